The van der Waals surface area contributed by atoms with Gasteiger partial charge in [0.15, 0.2) is 0 Å². The van der Waals surface area contributed by atoms with Gasteiger partial charge in [-0.25, -0.2) is 0 Å². The van der Waals surface area contributed by atoms with Crippen LogP contribution >= 0.6 is 12.4 Å². The highest BCUT2D eigenvalue weighted by molar-refractivity contribution is 5.94. The molecule has 1 aliphatic rings. The Morgan fingerprint density at radius 1 is 1.25 bits per heavy atom. The van der Waals surface area contributed by atoms with Crippen molar-refractivity contribution in [3.8, 4) is 0 Å². The number of nitrogens with one attached hydrogen (secondary N) is 1. The van der Waals surface area contributed by atoms with E-state index in [-0.39, 0.29) is 23.7 Å². The Labute approximate surface area is 128 Å². The van der Waals surface area contributed by atoms with E-state index in [1.807, 2.05) is 17.0 Å². The average Bonchev–Trinajstić information content (AvgIpc) is 2.37. The molecular weight excluding hydrogens is 272 g/mol. The van der Waals surface area contributed by atoms with Gasteiger partial charge in [0.1, 0.15) is 0 Å². The first kappa shape index (κ1) is 17.0. The lowest BCUT2D eigenvalue weighted by atomic mass is 9.86. The van der Waals surface area contributed by atoms with Crippen LogP contribution in [0.2, 0.25) is 0 Å². The summed E-state index contributed by atoms with van der Waals surface area (Å²) in [4.78, 5) is 14.3. The molecule has 0 aliphatic carbocycles. The van der Waals surface area contributed by atoms with Crippen LogP contribution in [0, 0.1) is 0 Å². The molecule has 112 valence electrons. The highest BCUT2D eigenvalue weighted by Gasteiger charge is 2.22. The second-order valence-corrected chi connectivity index (χ2v) is 6.43. The summed E-state index contributed by atoms with van der Waals surface area (Å²) < 4.78 is 0. The number of carbonyl (C=O) groups excluding carboxylic acids is 1. The van der Waals surface area contributed by atoms with Gasteiger partial charge in [0.05, 0.1) is 0 Å². The molecule has 1 aromatic rings. The third kappa shape index (κ3) is 3.97. The zero-order valence-corrected chi connectivity index (χ0v) is 13.6. The largest absolute Gasteiger partial charge is 0.336 e. The molecular formula is C16H25ClN2O. The number of carbonyl (C=O) groups is 1. The molecule has 0 bridgehead atoms. The monoisotopic (exact) mass is 296 g/mol. The summed E-state index contributed by atoms with van der Waals surface area (Å²) in [6, 6.07) is 8.43. The highest BCUT2D eigenvalue weighted by atomic mass is 35.5. The molecule has 0 saturated carbocycles. The lowest BCUT2D eigenvalue weighted by Gasteiger charge is -2.32. The van der Waals surface area contributed by atoms with Gasteiger partial charge in [-0.2, -0.15) is 0 Å². The van der Waals surface area contributed by atoms with Gasteiger partial charge in [-0.1, -0.05) is 32.9 Å². The zero-order chi connectivity index (χ0) is 14.0. The number of piperazine rings is 1. The number of halogens is 1. The smallest absolute Gasteiger partial charge is 0.253 e. The molecule has 1 unspecified atom stereocenters. The third-order valence-corrected chi connectivity index (χ3v) is 3.65. The van der Waals surface area contributed by atoms with E-state index in [0.29, 0.717) is 6.04 Å². The second-order valence-electron chi connectivity index (χ2n) is 6.43. The number of rotatable bonds is 1. The molecule has 1 atom stereocenters. The normalized spacial score (nSPS) is 19.4. The molecule has 4 heteroatoms. The van der Waals surface area contributed by atoms with Crippen molar-refractivity contribution < 1.29 is 4.79 Å². The van der Waals surface area contributed by atoms with Crippen LogP contribution in [0.4, 0.5) is 0 Å². The van der Waals surface area contributed by atoms with E-state index in [0.717, 1.165) is 25.2 Å². The predicted molar refractivity (Wildman–Crippen MR) is 85.8 cm³/mol. The molecule has 1 fully saturated rings. The fourth-order valence-electron chi connectivity index (χ4n) is 2.41. The van der Waals surface area contributed by atoms with Crippen molar-refractivity contribution in [3.63, 3.8) is 0 Å². The quantitative estimate of drug-likeness (QED) is 0.864. The molecule has 0 radical (unpaired) electrons. The molecule has 3 nitrogen and oxygen atoms in total. The standard InChI is InChI=1S/C16H24N2O.ClH/c1-12-11-18(10-9-17-12)15(19)13-5-7-14(8-6-13)16(2,3)4;/h5-8,12,17H,9-11H2,1-4H3;1H. The van der Waals surface area contributed by atoms with Gasteiger partial charge in [0.25, 0.3) is 5.91 Å². The van der Waals surface area contributed by atoms with Crippen LogP contribution in [0.3, 0.4) is 0 Å². The lowest BCUT2D eigenvalue weighted by molar-refractivity contribution is 0.0709. The van der Waals surface area contributed by atoms with Gasteiger partial charge in [-0.15, -0.1) is 12.4 Å². The number of benzene rings is 1. The molecule has 1 N–H and O–H groups in total. The van der Waals surface area contributed by atoms with E-state index in [2.05, 4.69) is 45.1 Å². The van der Waals surface area contributed by atoms with Crippen molar-refractivity contribution in [2.75, 3.05) is 19.6 Å². The SMILES string of the molecule is CC1CN(C(=O)c2ccc(C(C)(C)C)cc2)CCN1.Cl. The first-order chi connectivity index (χ1) is 8.88. The fraction of sp³-hybridized carbons (Fsp3) is 0.562. The van der Waals surface area contributed by atoms with Crippen LogP contribution in [-0.2, 0) is 5.41 Å². The molecule has 1 aromatic carbocycles. The first-order valence-corrected chi connectivity index (χ1v) is 7.01. The Hall–Kier alpha value is -1.06. The van der Waals surface area contributed by atoms with Gasteiger partial charge in [0.2, 0.25) is 0 Å². The summed E-state index contributed by atoms with van der Waals surface area (Å²) in [7, 11) is 0. The molecule has 1 aliphatic heterocycles. The van der Waals surface area contributed by atoms with E-state index in [1.165, 1.54) is 5.56 Å². The van der Waals surface area contributed by atoms with Crippen LogP contribution in [0.15, 0.2) is 24.3 Å². The van der Waals surface area contributed by atoms with Crippen LogP contribution in [0.25, 0.3) is 0 Å². The van der Waals surface area contributed by atoms with Crippen LogP contribution in [-0.4, -0.2) is 36.5 Å². The van der Waals surface area contributed by atoms with Crippen molar-refractivity contribution >= 4 is 18.3 Å². The summed E-state index contributed by atoms with van der Waals surface area (Å²) >= 11 is 0. The zero-order valence-electron chi connectivity index (χ0n) is 12.8. The Morgan fingerprint density at radius 2 is 1.85 bits per heavy atom. The van der Waals surface area contributed by atoms with E-state index in [4.69, 9.17) is 0 Å². The maximum Gasteiger partial charge on any atom is 0.253 e. The van der Waals surface area contributed by atoms with Crippen LogP contribution < -0.4 is 5.32 Å². The number of amides is 1. The Bertz CT molecular complexity index is 451. The maximum absolute atomic E-state index is 12.4. The van der Waals surface area contributed by atoms with Gasteiger partial charge in [-0.05, 0) is 30.0 Å². The second kappa shape index (κ2) is 6.59. The average molecular weight is 297 g/mol. The van der Waals surface area contributed by atoms with Crippen molar-refractivity contribution in [2.24, 2.45) is 0 Å². The summed E-state index contributed by atoms with van der Waals surface area (Å²) in [5, 5.41) is 3.35. The molecule has 20 heavy (non-hydrogen) atoms. The molecule has 1 amide bonds. The first-order valence-electron chi connectivity index (χ1n) is 7.01. The number of nitrogens with zero attached hydrogens (tertiary/aromatic N) is 1. The van der Waals surface area contributed by atoms with E-state index in [1.54, 1.807) is 0 Å². The summed E-state index contributed by atoms with van der Waals surface area (Å²) in [6.45, 7) is 11.1. The van der Waals surface area contributed by atoms with Crippen LogP contribution in [0.1, 0.15) is 43.6 Å². The van der Waals surface area contributed by atoms with Crippen molar-refractivity contribution in [1.29, 1.82) is 0 Å². The van der Waals surface area contributed by atoms with Crippen molar-refractivity contribution in [3.05, 3.63) is 35.4 Å². The minimum Gasteiger partial charge on any atom is -0.336 e. The summed E-state index contributed by atoms with van der Waals surface area (Å²) in [5.74, 6) is 0.147. The van der Waals surface area contributed by atoms with Gasteiger partial charge >= 0.3 is 0 Å². The Kier molecular flexibility index (Phi) is 5.60. The minimum atomic E-state index is 0. The number of hydrogen-bond donors (Lipinski definition) is 1. The maximum atomic E-state index is 12.4. The third-order valence-electron chi connectivity index (χ3n) is 3.65. The van der Waals surface area contributed by atoms with Crippen molar-refractivity contribution in [2.45, 2.75) is 39.2 Å². The molecule has 2 rings (SSSR count). The highest BCUT2D eigenvalue weighted by Crippen LogP contribution is 2.22. The van der Waals surface area contributed by atoms with Gasteiger partial charge in [-0.3, -0.25) is 4.79 Å². The topological polar surface area (TPSA) is 32.3 Å². The number of hydrogen-bond acceptors (Lipinski definition) is 2. The lowest BCUT2D eigenvalue weighted by Crippen LogP contribution is -2.51. The summed E-state index contributed by atoms with van der Waals surface area (Å²) in [5.41, 5.74) is 2.19. The van der Waals surface area contributed by atoms with Crippen LogP contribution in [0.5, 0.6) is 0 Å². The van der Waals surface area contributed by atoms with E-state index in [9.17, 15) is 4.79 Å². The fourth-order valence-corrected chi connectivity index (χ4v) is 2.41. The molecule has 1 saturated heterocycles. The molecule has 1 heterocycles. The van der Waals surface area contributed by atoms with Gasteiger partial charge in [0, 0.05) is 31.2 Å². The summed E-state index contributed by atoms with van der Waals surface area (Å²) in [6.07, 6.45) is 0. The Balaban J connectivity index is 0.00000200. The van der Waals surface area contributed by atoms with E-state index < -0.39 is 0 Å². The predicted octanol–water partition coefficient (Wildman–Crippen LogP) is 2.84. The van der Waals surface area contributed by atoms with Crippen molar-refractivity contribution in [1.82, 2.24) is 10.2 Å². The molecule has 0 spiro atoms. The molecule has 0 aromatic heterocycles. The van der Waals surface area contributed by atoms with Gasteiger partial charge < -0.3 is 10.2 Å². The Morgan fingerprint density at radius 3 is 2.35 bits per heavy atom. The minimum absolute atomic E-state index is 0. The van der Waals surface area contributed by atoms with E-state index >= 15 is 0 Å².